The summed E-state index contributed by atoms with van der Waals surface area (Å²) in [6, 6.07) is 7.83. The lowest BCUT2D eigenvalue weighted by Gasteiger charge is -2.09. The summed E-state index contributed by atoms with van der Waals surface area (Å²) >= 11 is 5.73. The third-order valence-corrected chi connectivity index (χ3v) is 4.54. The molecule has 2 aromatic rings. The normalized spacial score (nSPS) is 13.7. The fraction of sp³-hybridized carbons (Fsp3) is 0.154. The van der Waals surface area contributed by atoms with Crippen LogP contribution in [0.3, 0.4) is 0 Å². The molecule has 0 fully saturated rings. The Kier molecular flexibility index (Phi) is 3.27. The van der Waals surface area contributed by atoms with Gasteiger partial charge in [-0.25, -0.2) is 13.4 Å². The van der Waals surface area contributed by atoms with Gasteiger partial charge in [-0.05, 0) is 35.9 Å². The van der Waals surface area contributed by atoms with Crippen LogP contribution in [0, 0.1) is 0 Å². The Hall–Kier alpha value is -1.79. The second-order valence-corrected chi connectivity index (χ2v) is 6.41. The molecule has 0 unspecified atom stereocenters. The van der Waals surface area contributed by atoms with Gasteiger partial charge in [-0.3, -0.25) is 4.72 Å². The molecule has 7 heteroatoms. The summed E-state index contributed by atoms with van der Waals surface area (Å²) in [5.74, 6) is 0.746. The summed E-state index contributed by atoms with van der Waals surface area (Å²) in [6.07, 6.45) is 2.16. The van der Waals surface area contributed by atoms with Crippen LogP contribution in [0.1, 0.15) is 5.56 Å². The largest absolute Gasteiger partial charge is 0.493 e. The van der Waals surface area contributed by atoms with E-state index in [0.717, 1.165) is 17.7 Å². The third-order valence-electron chi connectivity index (χ3n) is 2.95. The molecule has 0 aliphatic carbocycles. The van der Waals surface area contributed by atoms with Crippen LogP contribution in [0.5, 0.6) is 5.75 Å². The van der Waals surface area contributed by atoms with E-state index >= 15 is 0 Å². The standard InChI is InChI=1S/C13H11ClN2O3S/c14-13-8-10(3-5-15-13)16-20(17,18)11-1-2-12-9(7-11)4-6-19-12/h1-3,5,7-8H,4,6H2,(H,15,16). The van der Waals surface area contributed by atoms with Crippen molar-refractivity contribution in [1.29, 1.82) is 0 Å². The Morgan fingerprint density at radius 3 is 2.90 bits per heavy atom. The molecule has 1 N–H and O–H groups in total. The van der Waals surface area contributed by atoms with Crippen LogP contribution in [0.15, 0.2) is 41.4 Å². The van der Waals surface area contributed by atoms with Gasteiger partial charge in [0.15, 0.2) is 0 Å². The van der Waals surface area contributed by atoms with Gasteiger partial charge in [0.05, 0.1) is 17.2 Å². The Morgan fingerprint density at radius 1 is 1.25 bits per heavy atom. The highest BCUT2D eigenvalue weighted by molar-refractivity contribution is 7.92. The molecular weight excluding hydrogens is 300 g/mol. The van der Waals surface area contributed by atoms with Gasteiger partial charge in [0.1, 0.15) is 10.9 Å². The van der Waals surface area contributed by atoms with Crippen LogP contribution in [-0.2, 0) is 16.4 Å². The summed E-state index contributed by atoms with van der Waals surface area (Å²) in [4.78, 5) is 4.01. The number of ether oxygens (including phenoxy) is 1. The number of aromatic nitrogens is 1. The number of halogens is 1. The summed E-state index contributed by atoms with van der Waals surface area (Å²) in [5, 5.41) is 0.229. The molecule has 20 heavy (non-hydrogen) atoms. The second kappa shape index (κ2) is 4.96. The van der Waals surface area contributed by atoms with Gasteiger partial charge in [0.2, 0.25) is 0 Å². The van der Waals surface area contributed by atoms with E-state index in [9.17, 15) is 8.42 Å². The van der Waals surface area contributed by atoms with E-state index in [0.29, 0.717) is 12.3 Å². The molecule has 1 aliphatic rings. The molecule has 1 aliphatic heterocycles. The second-order valence-electron chi connectivity index (χ2n) is 4.34. The van der Waals surface area contributed by atoms with Crippen molar-refractivity contribution in [3.8, 4) is 5.75 Å². The number of hydrogen-bond acceptors (Lipinski definition) is 4. The highest BCUT2D eigenvalue weighted by Gasteiger charge is 2.19. The molecular formula is C13H11ClN2O3S. The van der Waals surface area contributed by atoms with Crippen molar-refractivity contribution in [2.24, 2.45) is 0 Å². The number of rotatable bonds is 3. The highest BCUT2D eigenvalue weighted by atomic mass is 35.5. The van der Waals surface area contributed by atoms with E-state index in [4.69, 9.17) is 16.3 Å². The number of sulfonamides is 1. The van der Waals surface area contributed by atoms with E-state index in [1.165, 1.54) is 18.3 Å². The minimum Gasteiger partial charge on any atom is -0.493 e. The van der Waals surface area contributed by atoms with Crippen molar-refractivity contribution >= 4 is 27.3 Å². The molecule has 1 aromatic carbocycles. The maximum Gasteiger partial charge on any atom is 0.261 e. The SMILES string of the molecule is O=S(=O)(Nc1ccnc(Cl)c1)c1ccc2c(c1)CCO2. The highest BCUT2D eigenvalue weighted by Crippen LogP contribution is 2.28. The summed E-state index contributed by atoms with van der Waals surface area (Å²) in [6.45, 7) is 0.590. The zero-order chi connectivity index (χ0) is 14.2. The summed E-state index contributed by atoms with van der Waals surface area (Å²) in [5.41, 5.74) is 1.28. The molecule has 0 saturated carbocycles. The first-order valence-electron chi connectivity index (χ1n) is 5.95. The first kappa shape index (κ1) is 13.2. The van der Waals surface area contributed by atoms with Crippen LogP contribution in [0.25, 0.3) is 0 Å². The van der Waals surface area contributed by atoms with Gasteiger partial charge >= 0.3 is 0 Å². The first-order valence-corrected chi connectivity index (χ1v) is 7.81. The Labute approximate surface area is 121 Å². The fourth-order valence-corrected chi connectivity index (χ4v) is 3.28. The third kappa shape index (κ3) is 2.57. The van der Waals surface area contributed by atoms with Crippen LogP contribution < -0.4 is 9.46 Å². The Morgan fingerprint density at radius 2 is 2.10 bits per heavy atom. The molecule has 0 spiro atoms. The lowest BCUT2D eigenvalue weighted by atomic mass is 10.2. The molecule has 5 nitrogen and oxygen atoms in total. The molecule has 0 amide bonds. The van der Waals surface area contributed by atoms with E-state index in [1.807, 2.05) is 0 Å². The van der Waals surface area contributed by atoms with Gasteiger partial charge < -0.3 is 4.74 Å². The number of nitrogens with zero attached hydrogens (tertiary/aromatic N) is 1. The Bertz CT molecular complexity index is 762. The molecule has 0 saturated heterocycles. The van der Waals surface area contributed by atoms with Gasteiger partial charge in [-0.1, -0.05) is 11.6 Å². The van der Waals surface area contributed by atoms with E-state index in [2.05, 4.69) is 9.71 Å². The molecule has 1 aromatic heterocycles. The fourth-order valence-electron chi connectivity index (χ4n) is 2.01. The lowest BCUT2D eigenvalue weighted by molar-refractivity contribution is 0.356. The van der Waals surface area contributed by atoms with E-state index < -0.39 is 10.0 Å². The van der Waals surface area contributed by atoms with Gasteiger partial charge in [-0.15, -0.1) is 0 Å². The van der Waals surface area contributed by atoms with E-state index in [1.54, 1.807) is 18.2 Å². The van der Waals surface area contributed by atoms with Crippen LogP contribution in [-0.4, -0.2) is 20.0 Å². The van der Waals surface area contributed by atoms with Crippen LogP contribution in [0.2, 0.25) is 5.15 Å². The number of benzene rings is 1. The van der Waals surface area contributed by atoms with Gasteiger partial charge in [-0.2, -0.15) is 0 Å². The number of fused-ring (bicyclic) bond motifs is 1. The number of pyridine rings is 1. The number of nitrogens with one attached hydrogen (secondary N) is 1. The first-order chi connectivity index (χ1) is 9.54. The monoisotopic (exact) mass is 310 g/mol. The quantitative estimate of drug-likeness (QED) is 0.884. The van der Waals surface area contributed by atoms with Crippen LogP contribution >= 0.6 is 11.6 Å². The van der Waals surface area contributed by atoms with Crippen molar-refractivity contribution < 1.29 is 13.2 Å². The zero-order valence-corrected chi connectivity index (χ0v) is 11.9. The smallest absolute Gasteiger partial charge is 0.261 e. The molecule has 104 valence electrons. The molecule has 0 bridgehead atoms. The number of hydrogen-bond donors (Lipinski definition) is 1. The molecule has 2 heterocycles. The molecule has 0 radical (unpaired) electrons. The topological polar surface area (TPSA) is 68.3 Å². The number of anilines is 1. The maximum atomic E-state index is 12.3. The zero-order valence-electron chi connectivity index (χ0n) is 10.3. The van der Waals surface area contributed by atoms with Crippen molar-refractivity contribution in [2.75, 3.05) is 11.3 Å². The predicted molar refractivity (Wildman–Crippen MR) is 75.7 cm³/mol. The predicted octanol–water partition coefficient (Wildman–Crippen LogP) is 2.47. The average molecular weight is 311 g/mol. The molecule has 0 atom stereocenters. The van der Waals surface area contributed by atoms with Crippen molar-refractivity contribution in [3.05, 3.63) is 47.2 Å². The summed E-state index contributed by atoms with van der Waals surface area (Å²) < 4.78 is 32.4. The maximum absolute atomic E-state index is 12.3. The lowest BCUT2D eigenvalue weighted by Crippen LogP contribution is -2.13. The van der Waals surface area contributed by atoms with Crippen LogP contribution in [0.4, 0.5) is 5.69 Å². The van der Waals surface area contributed by atoms with Crippen molar-refractivity contribution in [3.63, 3.8) is 0 Å². The van der Waals surface area contributed by atoms with Gasteiger partial charge in [0.25, 0.3) is 10.0 Å². The minimum absolute atomic E-state index is 0.203. The minimum atomic E-state index is -3.64. The van der Waals surface area contributed by atoms with Crippen molar-refractivity contribution in [1.82, 2.24) is 4.98 Å². The average Bonchev–Trinajstić information content (AvgIpc) is 2.85. The molecule has 3 rings (SSSR count). The summed E-state index contributed by atoms with van der Waals surface area (Å²) in [7, 11) is -3.64. The Balaban J connectivity index is 1.92. The van der Waals surface area contributed by atoms with Gasteiger partial charge in [0, 0.05) is 12.6 Å². The van der Waals surface area contributed by atoms with Crippen molar-refractivity contribution in [2.45, 2.75) is 11.3 Å². The van der Waals surface area contributed by atoms with E-state index in [-0.39, 0.29) is 10.0 Å².